The molecule has 2 aliphatic heterocycles. The quantitative estimate of drug-likeness (QED) is 0.311. The maximum Gasteiger partial charge on any atom is 0.261 e. The Morgan fingerprint density at radius 1 is 1.20 bits per heavy atom. The van der Waals surface area contributed by atoms with Crippen molar-refractivity contribution in [1.29, 1.82) is 0 Å². The van der Waals surface area contributed by atoms with Crippen LogP contribution in [-0.4, -0.2) is 59.8 Å². The number of rotatable bonds is 4. The molecule has 158 valence electrons. The van der Waals surface area contributed by atoms with Crippen LogP contribution in [0.1, 0.15) is 25.0 Å². The van der Waals surface area contributed by atoms with E-state index < -0.39 is 11.1 Å². The Morgan fingerprint density at radius 3 is 2.57 bits per heavy atom. The van der Waals surface area contributed by atoms with Crippen molar-refractivity contribution in [3.8, 4) is 11.5 Å². The number of phenolic OH excluding ortho intramolecular Hbond substituents is 1. The first-order valence-corrected chi connectivity index (χ1v) is 9.87. The summed E-state index contributed by atoms with van der Waals surface area (Å²) in [5.74, 6) is 0.248. The molecule has 0 amide bonds. The van der Waals surface area contributed by atoms with Gasteiger partial charge >= 0.3 is 0 Å². The highest BCUT2D eigenvalue weighted by molar-refractivity contribution is 5.76. The number of ether oxygens (including phenoxy) is 1. The Bertz CT molecular complexity index is 1060. The number of aliphatic hydroxyl groups is 1. The van der Waals surface area contributed by atoms with Crippen LogP contribution in [0.3, 0.4) is 0 Å². The fraction of sp³-hybridized carbons (Fsp3) is 0.348. The minimum absolute atomic E-state index is 0.0390. The zero-order chi connectivity index (χ0) is 21.8. The van der Waals surface area contributed by atoms with Gasteiger partial charge in [0.05, 0.1) is 18.1 Å². The van der Waals surface area contributed by atoms with Crippen LogP contribution in [0.15, 0.2) is 36.4 Å². The van der Waals surface area contributed by atoms with Crippen LogP contribution in [0.5, 0.6) is 11.5 Å². The number of nitrogens with zero attached hydrogens (tertiary/aromatic N) is 3. The molecule has 0 aliphatic carbocycles. The standard InChI is InChI=1S/C23H27N3O4/c1-22(2)18-13-16(24(3)4)6-7-19(18)26(10-11-27)23(22)9-8-15-12-17(25(5)29)14-20(28)21(15)30-23/h6-9,12-14,27H,5,10-11H2,1-4H3,(H-,28,29)/p+1. The molecule has 0 bridgehead atoms. The van der Waals surface area contributed by atoms with Crippen LogP contribution in [0.2, 0.25) is 0 Å². The van der Waals surface area contributed by atoms with Crippen molar-refractivity contribution in [3.05, 3.63) is 47.5 Å². The number of fused-ring (bicyclic) bond motifs is 2. The molecule has 0 fully saturated rings. The molecule has 0 radical (unpaired) electrons. The van der Waals surface area contributed by atoms with Crippen molar-refractivity contribution in [2.75, 3.05) is 37.0 Å². The van der Waals surface area contributed by atoms with Gasteiger partial charge in [0.1, 0.15) is 0 Å². The average molecular weight is 410 g/mol. The van der Waals surface area contributed by atoms with Crippen LogP contribution in [-0.2, 0) is 5.41 Å². The molecule has 0 saturated carbocycles. The molecule has 7 heteroatoms. The molecule has 3 N–H and O–H groups in total. The first-order chi connectivity index (χ1) is 14.1. The fourth-order valence-electron chi connectivity index (χ4n) is 4.51. The van der Waals surface area contributed by atoms with Crippen LogP contribution in [0.25, 0.3) is 6.08 Å². The van der Waals surface area contributed by atoms with Gasteiger partial charge in [-0.25, -0.2) is 0 Å². The van der Waals surface area contributed by atoms with E-state index in [1.165, 1.54) is 6.07 Å². The van der Waals surface area contributed by atoms with E-state index in [2.05, 4.69) is 37.6 Å². The van der Waals surface area contributed by atoms with Crippen LogP contribution < -0.4 is 14.5 Å². The van der Waals surface area contributed by atoms with Gasteiger partial charge in [-0.1, -0.05) is 0 Å². The minimum atomic E-state index is -0.932. The molecule has 1 atom stereocenters. The van der Waals surface area contributed by atoms with Crippen LogP contribution in [0.4, 0.5) is 17.1 Å². The Kier molecular flexibility index (Phi) is 4.47. The molecule has 0 aromatic heterocycles. The van der Waals surface area contributed by atoms with Gasteiger partial charge in [0, 0.05) is 48.4 Å². The number of β-amino-alcohol motifs (C(OH)–C–C–N with tert-alkyl or cyclic N) is 1. The van der Waals surface area contributed by atoms with E-state index in [0.717, 1.165) is 16.9 Å². The Balaban J connectivity index is 1.89. The lowest BCUT2D eigenvalue weighted by molar-refractivity contribution is -0.706. The molecule has 2 aromatic rings. The largest absolute Gasteiger partial charge is 0.504 e. The fourth-order valence-corrected chi connectivity index (χ4v) is 4.51. The van der Waals surface area contributed by atoms with Gasteiger partial charge in [-0.05, 0) is 49.8 Å². The predicted molar refractivity (Wildman–Crippen MR) is 118 cm³/mol. The molecular formula is C23H28N3O4+. The molecule has 2 heterocycles. The van der Waals surface area contributed by atoms with Gasteiger partial charge in [0.15, 0.2) is 18.2 Å². The highest BCUT2D eigenvalue weighted by Gasteiger charge is 2.59. The highest BCUT2D eigenvalue weighted by Crippen LogP contribution is 2.56. The summed E-state index contributed by atoms with van der Waals surface area (Å²) in [6.45, 7) is 8.00. The van der Waals surface area contributed by atoms with Crippen molar-refractivity contribution < 1.29 is 24.9 Å². The molecule has 2 aliphatic rings. The second-order valence-corrected chi connectivity index (χ2v) is 8.51. The third kappa shape index (κ3) is 2.65. The van der Waals surface area contributed by atoms with E-state index in [9.17, 15) is 15.4 Å². The smallest absolute Gasteiger partial charge is 0.261 e. The van der Waals surface area contributed by atoms with Crippen molar-refractivity contribution in [3.63, 3.8) is 0 Å². The normalized spacial score (nSPS) is 20.6. The molecule has 30 heavy (non-hydrogen) atoms. The average Bonchev–Trinajstić information content (AvgIpc) is 2.87. The van der Waals surface area contributed by atoms with Crippen molar-refractivity contribution in [2.24, 2.45) is 0 Å². The number of benzene rings is 2. The van der Waals surface area contributed by atoms with E-state index in [1.54, 1.807) is 6.07 Å². The van der Waals surface area contributed by atoms with Gasteiger partial charge < -0.3 is 24.7 Å². The summed E-state index contributed by atoms with van der Waals surface area (Å²) in [7, 11) is 4.00. The number of aliphatic hydroxyl groups excluding tert-OH is 1. The van der Waals surface area contributed by atoms with Crippen molar-refractivity contribution >= 4 is 29.9 Å². The van der Waals surface area contributed by atoms with Gasteiger partial charge in [-0.15, -0.1) is 0 Å². The minimum Gasteiger partial charge on any atom is -0.504 e. The first-order valence-electron chi connectivity index (χ1n) is 9.87. The Morgan fingerprint density at radius 2 is 1.93 bits per heavy atom. The van der Waals surface area contributed by atoms with Crippen LogP contribution >= 0.6 is 0 Å². The topological polar surface area (TPSA) is 79.4 Å². The molecule has 2 aromatic carbocycles. The van der Waals surface area contributed by atoms with Gasteiger partial charge in [-0.3, -0.25) is 5.21 Å². The number of phenols is 1. The third-order valence-electron chi connectivity index (χ3n) is 6.21. The second kappa shape index (κ2) is 6.67. The summed E-state index contributed by atoms with van der Waals surface area (Å²) in [4.78, 5) is 4.10. The van der Waals surface area contributed by atoms with Crippen molar-refractivity contribution in [2.45, 2.75) is 25.0 Å². The number of hydrogen-bond acceptors (Lipinski definition) is 6. The van der Waals surface area contributed by atoms with Crippen LogP contribution in [0, 0.1) is 0 Å². The first kappa shape index (κ1) is 20.1. The summed E-state index contributed by atoms with van der Waals surface area (Å²) in [5, 5.41) is 30.1. The van der Waals surface area contributed by atoms with Crippen molar-refractivity contribution in [1.82, 2.24) is 0 Å². The summed E-state index contributed by atoms with van der Waals surface area (Å²) in [6, 6.07) is 9.36. The second-order valence-electron chi connectivity index (χ2n) is 8.51. The maximum absolute atomic E-state index is 10.7. The third-order valence-corrected chi connectivity index (χ3v) is 6.21. The monoisotopic (exact) mass is 410 g/mol. The molecule has 1 spiro atoms. The van der Waals surface area contributed by atoms with E-state index in [-0.39, 0.29) is 12.4 Å². The van der Waals surface area contributed by atoms with E-state index in [1.807, 2.05) is 37.2 Å². The lowest BCUT2D eigenvalue weighted by Crippen LogP contribution is -2.60. The Hall–Kier alpha value is -3.19. The Labute approximate surface area is 176 Å². The zero-order valence-electron chi connectivity index (χ0n) is 17.8. The number of hydrogen-bond donors (Lipinski definition) is 3. The van der Waals surface area contributed by atoms with E-state index >= 15 is 0 Å². The number of anilines is 2. The van der Waals surface area contributed by atoms with Gasteiger partial charge in [-0.2, -0.15) is 0 Å². The van der Waals surface area contributed by atoms with E-state index in [0.29, 0.717) is 28.3 Å². The maximum atomic E-state index is 10.7. The molecule has 7 nitrogen and oxygen atoms in total. The SMILES string of the molecule is C=[N+](O)c1cc(O)c2c(c1)C=CC1(O2)N(CCO)c2ccc(N(C)C)cc2C1(C)C. The lowest BCUT2D eigenvalue weighted by Gasteiger charge is -2.47. The molecule has 0 saturated heterocycles. The van der Waals surface area contributed by atoms with Gasteiger partial charge in [0.2, 0.25) is 5.72 Å². The molecule has 1 unspecified atom stereocenters. The van der Waals surface area contributed by atoms with E-state index in [4.69, 9.17) is 4.74 Å². The lowest BCUT2D eigenvalue weighted by atomic mass is 9.76. The molecular weight excluding hydrogens is 382 g/mol. The molecule has 4 rings (SSSR count). The summed E-state index contributed by atoms with van der Waals surface area (Å²) in [6.07, 6.45) is 3.85. The summed E-state index contributed by atoms with van der Waals surface area (Å²) >= 11 is 0. The zero-order valence-corrected chi connectivity index (χ0v) is 17.8. The summed E-state index contributed by atoms with van der Waals surface area (Å²) in [5.41, 5.74) is 2.74. The van der Waals surface area contributed by atoms with Gasteiger partial charge in [0.25, 0.3) is 5.69 Å². The summed E-state index contributed by atoms with van der Waals surface area (Å²) < 4.78 is 7.26. The number of aromatic hydroxyl groups is 1. The highest BCUT2D eigenvalue weighted by atomic mass is 16.5. The predicted octanol–water partition coefficient (Wildman–Crippen LogP) is 3.08.